The molecule has 1 N–H and O–H groups in total. The summed E-state index contributed by atoms with van der Waals surface area (Å²) in [4.78, 5) is 21.6. The van der Waals surface area contributed by atoms with E-state index in [1.807, 2.05) is 37.3 Å². The predicted octanol–water partition coefficient (Wildman–Crippen LogP) is 6.61. The summed E-state index contributed by atoms with van der Waals surface area (Å²) in [5.41, 5.74) is 5.98. The normalized spacial score (nSPS) is 15.3. The van der Waals surface area contributed by atoms with Crippen molar-refractivity contribution >= 4 is 23.0 Å². The van der Waals surface area contributed by atoms with Gasteiger partial charge in [-0.1, -0.05) is 26.0 Å². The Labute approximate surface area is 212 Å². The molecule has 0 spiro atoms. The minimum Gasteiger partial charge on any atom is -0.493 e. The molecule has 0 amide bonds. The van der Waals surface area contributed by atoms with E-state index in [1.165, 1.54) is 9.75 Å². The summed E-state index contributed by atoms with van der Waals surface area (Å²) in [5, 5.41) is 9.67. The summed E-state index contributed by atoms with van der Waals surface area (Å²) in [6.45, 7) is 13.2. The van der Waals surface area contributed by atoms with E-state index >= 15 is 0 Å². The summed E-state index contributed by atoms with van der Waals surface area (Å²) in [6.07, 6.45) is 3.03. The molecule has 4 rings (SSSR count). The van der Waals surface area contributed by atoms with E-state index in [0.29, 0.717) is 12.0 Å². The number of hydrogen-bond acceptors (Lipinski definition) is 5. The molecular weight excluding hydrogens is 456 g/mol. The van der Waals surface area contributed by atoms with Crippen molar-refractivity contribution in [2.24, 2.45) is 5.41 Å². The van der Waals surface area contributed by atoms with Gasteiger partial charge in [0, 0.05) is 51.8 Å². The molecule has 3 heterocycles. The maximum Gasteiger partial charge on any atom is 0.307 e. The Morgan fingerprint density at radius 2 is 1.74 bits per heavy atom. The van der Waals surface area contributed by atoms with Crippen LogP contribution in [0.2, 0.25) is 0 Å². The maximum absolute atomic E-state index is 11.8. The lowest BCUT2D eigenvalue weighted by molar-refractivity contribution is -0.136. The summed E-state index contributed by atoms with van der Waals surface area (Å²) in [6, 6.07) is 12.5. The van der Waals surface area contributed by atoms with Crippen LogP contribution < -0.4 is 9.64 Å². The van der Waals surface area contributed by atoms with Gasteiger partial charge < -0.3 is 14.7 Å². The van der Waals surface area contributed by atoms with E-state index in [9.17, 15) is 9.90 Å². The van der Waals surface area contributed by atoms with Gasteiger partial charge in [0.15, 0.2) is 0 Å². The highest BCUT2D eigenvalue weighted by molar-refractivity contribution is 7.11. The molecule has 0 atom stereocenters. The molecule has 186 valence electrons. The summed E-state index contributed by atoms with van der Waals surface area (Å²) in [5.74, 6) is 0.0137. The summed E-state index contributed by atoms with van der Waals surface area (Å²) >= 11 is 1.81. The third-order valence-corrected chi connectivity index (χ3v) is 8.03. The van der Waals surface area contributed by atoms with Gasteiger partial charge in [0.1, 0.15) is 5.75 Å². The molecule has 2 aromatic heterocycles. The molecule has 1 aliphatic rings. The van der Waals surface area contributed by atoms with Crippen molar-refractivity contribution in [3.63, 3.8) is 0 Å². The lowest BCUT2D eigenvalue weighted by atomic mass is 9.82. The Morgan fingerprint density at radius 1 is 1.06 bits per heavy atom. The molecule has 1 saturated heterocycles. The van der Waals surface area contributed by atoms with Crippen molar-refractivity contribution in [2.75, 3.05) is 24.6 Å². The summed E-state index contributed by atoms with van der Waals surface area (Å²) in [7, 11) is 0. The van der Waals surface area contributed by atoms with Gasteiger partial charge in [0.25, 0.3) is 0 Å². The number of nitrogens with zero attached hydrogens (tertiary/aromatic N) is 2. The van der Waals surface area contributed by atoms with Crippen LogP contribution in [0, 0.1) is 26.2 Å². The number of ether oxygens (including phenoxy) is 1. The van der Waals surface area contributed by atoms with Crippen LogP contribution in [0.3, 0.4) is 0 Å². The molecule has 35 heavy (non-hydrogen) atoms. The number of hydrogen-bond donors (Lipinski definition) is 1. The van der Waals surface area contributed by atoms with Gasteiger partial charge in [0.2, 0.25) is 0 Å². The highest BCUT2D eigenvalue weighted by Gasteiger charge is 2.30. The third kappa shape index (κ3) is 6.04. The van der Waals surface area contributed by atoms with Gasteiger partial charge >= 0.3 is 5.97 Å². The minimum atomic E-state index is -0.826. The lowest BCUT2D eigenvalue weighted by Crippen LogP contribution is -2.38. The van der Waals surface area contributed by atoms with Crippen molar-refractivity contribution in [2.45, 2.75) is 60.3 Å². The highest BCUT2D eigenvalue weighted by Crippen LogP contribution is 2.41. The van der Waals surface area contributed by atoms with Crippen LogP contribution in [-0.4, -0.2) is 35.8 Å². The molecule has 1 fully saturated rings. The topological polar surface area (TPSA) is 62.7 Å². The van der Waals surface area contributed by atoms with E-state index < -0.39 is 5.97 Å². The van der Waals surface area contributed by atoms with Gasteiger partial charge in [-0.05, 0) is 68.9 Å². The average molecular weight is 493 g/mol. The van der Waals surface area contributed by atoms with Crippen molar-refractivity contribution in [1.82, 2.24) is 4.98 Å². The smallest absolute Gasteiger partial charge is 0.307 e. The first-order valence-electron chi connectivity index (χ1n) is 12.4. The molecule has 3 aromatic rings. The monoisotopic (exact) mass is 492 g/mol. The van der Waals surface area contributed by atoms with Crippen molar-refractivity contribution in [3.05, 3.63) is 63.1 Å². The van der Waals surface area contributed by atoms with Crippen LogP contribution >= 0.6 is 11.3 Å². The SMILES string of the molecule is Cc1ccc(CCOc2ccc(-c3c(C)nc(C)c(CC(=O)O)c3N3CCC(C)(C)CC3)cc2)s1. The predicted molar refractivity (Wildman–Crippen MR) is 144 cm³/mol. The molecule has 0 unspecified atom stereocenters. The fourth-order valence-corrected chi connectivity index (χ4v) is 5.74. The average Bonchev–Trinajstić information content (AvgIpc) is 3.21. The molecule has 0 aliphatic carbocycles. The molecule has 5 nitrogen and oxygen atoms in total. The minimum absolute atomic E-state index is 0.0231. The first kappa shape index (κ1) is 25.2. The van der Waals surface area contributed by atoms with Gasteiger partial charge in [-0.2, -0.15) is 0 Å². The zero-order chi connectivity index (χ0) is 25.2. The second-order valence-corrected chi connectivity index (χ2v) is 11.7. The van der Waals surface area contributed by atoms with Crippen LogP contribution in [0.4, 0.5) is 5.69 Å². The molecule has 0 radical (unpaired) electrons. The van der Waals surface area contributed by atoms with Crippen LogP contribution in [0.1, 0.15) is 53.4 Å². The van der Waals surface area contributed by atoms with Crippen molar-refractivity contribution in [1.29, 1.82) is 0 Å². The number of benzene rings is 1. The Balaban J connectivity index is 1.63. The zero-order valence-corrected chi connectivity index (χ0v) is 22.3. The number of carboxylic acid groups (broad SMARTS) is 1. The fourth-order valence-electron chi connectivity index (χ4n) is 4.87. The maximum atomic E-state index is 11.8. The number of piperidine rings is 1. The Hall–Kier alpha value is -2.86. The third-order valence-electron chi connectivity index (χ3n) is 6.97. The van der Waals surface area contributed by atoms with Gasteiger partial charge in [-0.3, -0.25) is 9.78 Å². The molecule has 0 saturated carbocycles. The number of carboxylic acids is 1. The van der Waals surface area contributed by atoms with E-state index in [0.717, 1.165) is 71.9 Å². The number of carbonyl (C=O) groups is 1. The van der Waals surface area contributed by atoms with Crippen LogP contribution in [0.15, 0.2) is 36.4 Å². The Kier molecular flexibility index (Phi) is 7.50. The van der Waals surface area contributed by atoms with E-state index in [1.54, 1.807) is 0 Å². The van der Waals surface area contributed by atoms with E-state index in [-0.39, 0.29) is 6.42 Å². The molecule has 6 heteroatoms. The Bertz CT molecular complexity index is 1190. The lowest BCUT2D eigenvalue weighted by Gasteiger charge is -2.40. The fraction of sp³-hybridized carbons (Fsp3) is 0.448. The van der Waals surface area contributed by atoms with Crippen LogP contribution in [0.25, 0.3) is 11.1 Å². The van der Waals surface area contributed by atoms with Crippen molar-refractivity contribution in [3.8, 4) is 16.9 Å². The number of pyridine rings is 1. The summed E-state index contributed by atoms with van der Waals surface area (Å²) < 4.78 is 6.01. The number of aliphatic carboxylic acids is 1. The highest BCUT2D eigenvalue weighted by atomic mass is 32.1. The first-order chi connectivity index (χ1) is 16.6. The second kappa shape index (κ2) is 10.4. The number of rotatable bonds is 8. The number of thiophene rings is 1. The quantitative estimate of drug-likeness (QED) is 0.383. The first-order valence-corrected chi connectivity index (χ1v) is 13.2. The standard InChI is InChI=1S/C29H36N2O3S/c1-19-6-11-24(35-19)12-17-34-23-9-7-22(8-10-23)27-21(3)30-20(2)25(18-26(32)33)28(27)31-15-13-29(4,5)14-16-31/h6-11H,12-18H2,1-5H3,(H,32,33). The molecular formula is C29H36N2O3S. The van der Waals surface area contributed by atoms with Crippen LogP contribution in [-0.2, 0) is 17.6 Å². The van der Waals surface area contributed by atoms with Gasteiger partial charge in [0.05, 0.1) is 18.7 Å². The van der Waals surface area contributed by atoms with Crippen molar-refractivity contribution < 1.29 is 14.6 Å². The number of anilines is 1. The largest absolute Gasteiger partial charge is 0.493 e. The second-order valence-electron chi connectivity index (χ2n) is 10.3. The van der Waals surface area contributed by atoms with E-state index in [4.69, 9.17) is 9.72 Å². The van der Waals surface area contributed by atoms with E-state index in [2.05, 4.69) is 49.9 Å². The Morgan fingerprint density at radius 3 is 2.34 bits per heavy atom. The van der Waals surface area contributed by atoms with Gasteiger partial charge in [-0.15, -0.1) is 11.3 Å². The van der Waals surface area contributed by atoms with Gasteiger partial charge in [-0.25, -0.2) is 0 Å². The molecule has 0 bridgehead atoms. The van der Waals surface area contributed by atoms with Crippen LogP contribution in [0.5, 0.6) is 5.75 Å². The zero-order valence-electron chi connectivity index (χ0n) is 21.5. The number of aromatic nitrogens is 1. The number of aryl methyl sites for hydroxylation is 3. The molecule has 1 aliphatic heterocycles. The molecule has 1 aromatic carbocycles.